The van der Waals surface area contributed by atoms with Crippen LogP contribution in [0.5, 0.6) is 0 Å². The lowest BCUT2D eigenvalue weighted by atomic mass is 10.1. The van der Waals surface area contributed by atoms with E-state index in [1.165, 1.54) is 21.1 Å². The summed E-state index contributed by atoms with van der Waals surface area (Å²) in [6.45, 7) is 7.00. The van der Waals surface area contributed by atoms with Crippen molar-refractivity contribution in [3.8, 4) is 0 Å². The minimum absolute atomic E-state index is 0.138. The van der Waals surface area contributed by atoms with Crippen molar-refractivity contribution in [1.29, 1.82) is 0 Å². The Labute approximate surface area is 187 Å². The van der Waals surface area contributed by atoms with Gasteiger partial charge in [0, 0.05) is 24.4 Å². The number of ether oxygens (including phenoxy) is 1. The average Bonchev–Trinajstić information content (AvgIpc) is 3.19. The summed E-state index contributed by atoms with van der Waals surface area (Å²) >= 11 is 1.49. The summed E-state index contributed by atoms with van der Waals surface area (Å²) < 4.78 is 5.52. The van der Waals surface area contributed by atoms with E-state index in [1.807, 2.05) is 47.8 Å². The molecule has 31 heavy (non-hydrogen) atoms. The summed E-state index contributed by atoms with van der Waals surface area (Å²) in [6, 6.07) is 12.1. The highest BCUT2D eigenvalue weighted by atomic mass is 32.1. The first-order valence-corrected chi connectivity index (χ1v) is 11.0. The van der Waals surface area contributed by atoms with Crippen LogP contribution in [0.2, 0.25) is 0 Å². The maximum atomic E-state index is 13.6. The van der Waals surface area contributed by atoms with Crippen LogP contribution in [-0.2, 0) is 27.3 Å². The van der Waals surface area contributed by atoms with Gasteiger partial charge in [0.2, 0.25) is 5.91 Å². The van der Waals surface area contributed by atoms with Gasteiger partial charge in [0.25, 0.3) is 0 Å². The Kier molecular flexibility index (Phi) is 8.62. The van der Waals surface area contributed by atoms with Gasteiger partial charge in [-0.3, -0.25) is 14.5 Å². The third-order valence-corrected chi connectivity index (χ3v) is 5.36. The third kappa shape index (κ3) is 7.71. The molecule has 0 aliphatic carbocycles. The number of hydrogen-bond acceptors (Lipinski definition) is 5. The summed E-state index contributed by atoms with van der Waals surface area (Å²) in [5.74, 6) is -1.54. The van der Waals surface area contributed by atoms with E-state index in [4.69, 9.17) is 4.74 Å². The summed E-state index contributed by atoms with van der Waals surface area (Å²) in [4.78, 5) is 41.6. The molecule has 1 aromatic heterocycles. The SMILES string of the molecule is CCN(C(=O)OC(C)(C)C)[C@H](Cc1cccs1)C(=O)N(CC(=O)O)Cc1ccccc1. The van der Waals surface area contributed by atoms with E-state index in [9.17, 15) is 19.5 Å². The fourth-order valence-corrected chi connectivity index (χ4v) is 3.88. The second-order valence-corrected chi connectivity index (χ2v) is 9.17. The van der Waals surface area contributed by atoms with Crippen molar-refractivity contribution in [2.24, 2.45) is 0 Å². The molecule has 0 saturated heterocycles. The molecule has 1 N–H and O–H groups in total. The Morgan fingerprint density at radius 3 is 2.29 bits per heavy atom. The predicted octanol–water partition coefficient (Wildman–Crippen LogP) is 4.03. The number of benzene rings is 1. The normalized spacial score (nSPS) is 12.1. The Hall–Kier alpha value is -2.87. The summed E-state index contributed by atoms with van der Waals surface area (Å²) in [5, 5.41) is 11.3. The van der Waals surface area contributed by atoms with E-state index >= 15 is 0 Å². The van der Waals surface area contributed by atoms with Crippen LogP contribution in [0.15, 0.2) is 47.8 Å². The first-order chi connectivity index (χ1) is 14.6. The van der Waals surface area contributed by atoms with Crippen molar-refractivity contribution in [1.82, 2.24) is 9.80 Å². The number of nitrogens with zero attached hydrogens (tertiary/aromatic N) is 2. The lowest BCUT2D eigenvalue weighted by Gasteiger charge is -2.34. The number of carboxylic acids is 1. The van der Waals surface area contributed by atoms with Gasteiger partial charge in [-0.1, -0.05) is 36.4 Å². The minimum atomic E-state index is -1.11. The number of likely N-dealkylation sites (N-methyl/N-ethyl adjacent to an activating group) is 1. The van der Waals surface area contributed by atoms with Crippen LogP contribution in [0.3, 0.4) is 0 Å². The molecular weight excluding hydrogens is 416 g/mol. The van der Waals surface area contributed by atoms with E-state index in [0.717, 1.165) is 10.4 Å². The van der Waals surface area contributed by atoms with Gasteiger partial charge < -0.3 is 14.7 Å². The molecule has 1 atom stereocenters. The lowest BCUT2D eigenvalue weighted by Crippen LogP contribution is -2.53. The van der Waals surface area contributed by atoms with Crippen LogP contribution in [0.4, 0.5) is 4.79 Å². The van der Waals surface area contributed by atoms with Gasteiger partial charge in [-0.05, 0) is 44.7 Å². The Bertz CT molecular complexity index is 862. The summed E-state index contributed by atoms with van der Waals surface area (Å²) in [6.07, 6.45) is -0.311. The van der Waals surface area contributed by atoms with E-state index in [2.05, 4.69) is 0 Å². The van der Waals surface area contributed by atoms with Crippen LogP contribution in [0, 0.1) is 0 Å². The maximum absolute atomic E-state index is 13.6. The zero-order valence-corrected chi connectivity index (χ0v) is 19.2. The molecule has 0 bridgehead atoms. The van der Waals surface area contributed by atoms with E-state index in [-0.39, 0.29) is 19.5 Å². The molecule has 0 aliphatic rings. The molecule has 2 aromatic rings. The van der Waals surface area contributed by atoms with Gasteiger partial charge in [0.1, 0.15) is 18.2 Å². The fourth-order valence-electron chi connectivity index (χ4n) is 3.14. The Balaban J connectivity index is 2.37. The largest absolute Gasteiger partial charge is 0.480 e. The van der Waals surface area contributed by atoms with E-state index in [1.54, 1.807) is 27.7 Å². The quantitative estimate of drug-likeness (QED) is 0.628. The number of hydrogen-bond donors (Lipinski definition) is 1. The number of aliphatic carboxylic acids is 1. The minimum Gasteiger partial charge on any atom is -0.480 e. The molecule has 8 heteroatoms. The predicted molar refractivity (Wildman–Crippen MR) is 120 cm³/mol. The van der Waals surface area contributed by atoms with Crippen molar-refractivity contribution >= 4 is 29.3 Å². The number of amides is 2. The first-order valence-electron chi connectivity index (χ1n) is 10.2. The molecule has 2 rings (SSSR count). The number of rotatable bonds is 9. The van der Waals surface area contributed by atoms with Crippen molar-refractivity contribution in [3.05, 3.63) is 58.3 Å². The molecule has 0 fully saturated rings. The number of carbonyl (C=O) groups is 3. The van der Waals surface area contributed by atoms with Gasteiger partial charge in [0.05, 0.1) is 0 Å². The van der Waals surface area contributed by atoms with Gasteiger partial charge in [-0.2, -0.15) is 0 Å². The van der Waals surface area contributed by atoms with Crippen LogP contribution in [0.1, 0.15) is 38.1 Å². The molecule has 1 heterocycles. The van der Waals surface area contributed by atoms with Gasteiger partial charge in [-0.15, -0.1) is 11.3 Å². The molecule has 7 nitrogen and oxygen atoms in total. The molecule has 168 valence electrons. The second-order valence-electron chi connectivity index (χ2n) is 8.14. The van der Waals surface area contributed by atoms with Gasteiger partial charge >= 0.3 is 12.1 Å². The Morgan fingerprint density at radius 1 is 1.10 bits per heavy atom. The second kappa shape index (κ2) is 10.9. The van der Waals surface area contributed by atoms with Crippen molar-refractivity contribution in [2.75, 3.05) is 13.1 Å². The standard InChI is InChI=1S/C23H30N2O5S/c1-5-25(22(29)30-23(2,3)4)19(14-18-12-9-13-31-18)21(28)24(16-20(26)27)15-17-10-7-6-8-11-17/h6-13,19H,5,14-16H2,1-4H3,(H,26,27)/t19-/m1/s1. The van der Waals surface area contributed by atoms with Crippen LogP contribution in [-0.4, -0.2) is 57.6 Å². The molecule has 0 spiro atoms. The van der Waals surface area contributed by atoms with Gasteiger partial charge in [-0.25, -0.2) is 4.79 Å². The van der Waals surface area contributed by atoms with Gasteiger partial charge in [0.15, 0.2) is 0 Å². The van der Waals surface area contributed by atoms with Crippen molar-refractivity contribution in [3.63, 3.8) is 0 Å². The third-order valence-electron chi connectivity index (χ3n) is 4.46. The van der Waals surface area contributed by atoms with Crippen molar-refractivity contribution < 1.29 is 24.2 Å². The number of carbonyl (C=O) groups excluding carboxylic acids is 2. The molecular formula is C23H30N2O5S. The molecule has 0 aliphatic heterocycles. The fraction of sp³-hybridized carbons (Fsp3) is 0.435. The summed E-state index contributed by atoms with van der Waals surface area (Å²) in [5.41, 5.74) is 0.0959. The number of carboxylic acid groups (broad SMARTS) is 1. The maximum Gasteiger partial charge on any atom is 0.410 e. The zero-order valence-electron chi connectivity index (χ0n) is 18.4. The topological polar surface area (TPSA) is 87.2 Å². The summed E-state index contributed by atoms with van der Waals surface area (Å²) in [7, 11) is 0. The smallest absolute Gasteiger partial charge is 0.410 e. The molecule has 2 amide bonds. The lowest BCUT2D eigenvalue weighted by molar-refractivity contribution is -0.147. The monoisotopic (exact) mass is 446 g/mol. The molecule has 0 saturated carbocycles. The van der Waals surface area contributed by atoms with Crippen LogP contribution >= 0.6 is 11.3 Å². The van der Waals surface area contributed by atoms with E-state index < -0.39 is 36.2 Å². The number of thiophene rings is 1. The van der Waals surface area contributed by atoms with E-state index in [0.29, 0.717) is 0 Å². The highest BCUT2D eigenvalue weighted by Gasteiger charge is 2.35. The molecule has 0 radical (unpaired) electrons. The van der Waals surface area contributed by atoms with Crippen LogP contribution < -0.4 is 0 Å². The zero-order chi connectivity index (χ0) is 23.0. The highest BCUT2D eigenvalue weighted by Crippen LogP contribution is 2.20. The first kappa shape index (κ1) is 24.4. The molecule has 1 aromatic carbocycles. The molecule has 0 unspecified atom stereocenters. The highest BCUT2D eigenvalue weighted by molar-refractivity contribution is 7.09. The average molecular weight is 447 g/mol. The Morgan fingerprint density at radius 2 is 1.77 bits per heavy atom. The van der Waals surface area contributed by atoms with Crippen LogP contribution in [0.25, 0.3) is 0 Å². The van der Waals surface area contributed by atoms with Crippen molar-refractivity contribution in [2.45, 2.75) is 52.3 Å².